The summed E-state index contributed by atoms with van der Waals surface area (Å²) >= 11 is 0. The molecule has 21 heavy (non-hydrogen) atoms. The highest BCUT2D eigenvalue weighted by atomic mass is 16.2. The number of carbonyl (C=O) groups is 2. The van der Waals surface area contributed by atoms with Gasteiger partial charge in [0.25, 0.3) is 0 Å². The van der Waals surface area contributed by atoms with Crippen molar-refractivity contribution in [2.45, 2.75) is 83.7 Å². The number of amides is 2. The van der Waals surface area contributed by atoms with Crippen LogP contribution in [-0.4, -0.2) is 34.3 Å². The highest BCUT2D eigenvalue weighted by Crippen LogP contribution is 2.40. The molecule has 1 atom stereocenters. The van der Waals surface area contributed by atoms with Gasteiger partial charge in [-0.05, 0) is 31.6 Å². The van der Waals surface area contributed by atoms with Crippen LogP contribution in [0.15, 0.2) is 0 Å². The Hall–Kier alpha value is -1.06. The van der Waals surface area contributed by atoms with E-state index in [2.05, 4.69) is 19.2 Å². The molecule has 0 bridgehead atoms. The van der Waals surface area contributed by atoms with Gasteiger partial charge in [0, 0.05) is 6.54 Å². The van der Waals surface area contributed by atoms with Gasteiger partial charge in [0.05, 0.1) is 0 Å². The third-order valence-corrected chi connectivity index (χ3v) is 5.76. The maximum atomic E-state index is 13.2. The van der Waals surface area contributed by atoms with Crippen LogP contribution in [0, 0.1) is 5.92 Å². The topological polar surface area (TPSA) is 49.4 Å². The zero-order valence-corrected chi connectivity index (χ0v) is 14.0. The largest absolute Gasteiger partial charge is 0.340 e. The number of nitrogens with one attached hydrogen (secondary N) is 1. The fourth-order valence-electron chi connectivity index (χ4n) is 3.93. The quantitative estimate of drug-likeness (QED) is 0.847. The number of carbonyl (C=O) groups excluding carboxylic acids is 2. The molecule has 0 aromatic heterocycles. The SMILES string of the molecule is CCC(C)CN1C(=O)C2(CCCC2)NC(=O)C1(CC)CC. The van der Waals surface area contributed by atoms with Crippen molar-refractivity contribution >= 4 is 11.8 Å². The van der Waals surface area contributed by atoms with E-state index >= 15 is 0 Å². The lowest BCUT2D eigenvalue weighted by Gasteiger charge is -2.52. The van der Waals surface area contributed by atoms with Crippen LogP contribution in [0.5, 0.6) is 0 Å². The molecular weight excluding hydrogens is 264 g/mol. The summed E-state index contributed by atoms with van der Waals surface area (Å²) in [6.45, 7) is 9.05. The Balaban J connectivity index is 2.39. The van der Waals surface area contributed by atoms with Crippen molar-refractivity contribution in [3.05, 3.63) is 0 Å². The fraction of sp³-hybridized carbons (Fsp3) is 0.882. The number of rotatable bonds is 5. The minimum absolute atomic E-state index is 0.0669. The van der Waals surface area contributed by atoms with Crippen LogP contribution >= 0.6 is 0 Å². The molecule has 4 heteroatoms. The molecule has 1 saturated heterocycles. The van der Waals surface area contributed by atoms with Gasteiger partial charge in [-0.25, -0.2) is 0 Å². The smallest absolute Gasteiger partial charge is 0.249 e. The van der Waals surface area contributed by atoms with E-state index in [1.54, 1.807) is 0 Å². The predicted octanol–water partition coefficient (Wildman–Crippen LogP) is 2.86. The van der Waals surface area contributed by atoms with Gasteiger partial charge >= 0.3 is 0 Å². The van der Waals surface area contributed by atoms with E-state index in [0.29, 0.717) is 25.3 Å². The van der Waals surface area contributed by atoms with Crippen LogP contribution in [0.4, 0.5) is 0 Å². The van der Waals surface area contributed by atoms with E-state index in [4.69, 9.17) is 0 Å². The van der Waals surface area contributed by atoms with Gasteiger partial charge in [0.15, 0.2) is 0 Å². The van der Waals surface area contributed by atoms with Crippen LogP contribution in [0.3, 0.4) is 0 Å². The van der Waals surface area contributed by atoms with Crippen LogP contribution in [-0.2, 0) is 9.59 Å². The maximum Gasteiger partial charge on any atom is 0.249 e. The molecule has 0 aromatic rings. The van der Waals surface area contributed by atoms with Crippen LogP contribution in [0.2, 0.25) is 0 Å². The molecule has 2 aliphatic rings. The van der Waals surface area contributed by atoms with Crippen molar-refractivity contribution in [1.29, 1.82) is 0 Å². The van der Waals surface area contributed by atoms with Crippen LogP contribution < -0.4 is 5.32 Å². The average molecular weight is 294 g/mol. The Labute approximate surface area is 128 Å². The third kappa shape index (κ3) is 2.47. The standard InChI is InChI=1S/C17H30N2O2/c1-5-13(4)12-19-15(21)16(10-8-9-11-16)18-14(20)17(19,6-2)7-3/h13H,5-12H2,1-4H3,(H,18,20). The summed E-state index contributed by atoms with van der Waals surface area (Å²) in [5.41, 5.74) is -1.24. The molecular formula is C17H30N2O2. The van der Waals surface area contributed by atoms with Crippen molar-refractivity contribution in [2.24, 2.45) is 5.92 Å². The minimum Gasteiger partial charge on any atom is -0.340 e. The molecule has 1 aliphatic heterocycles. The Morgan fingerprint density at radius 1 is 1.14 bits per heavy atom. The molecule has 1 aliphatic carbocycles. The van der Waals surface area contributed by atoms with E-state index in [0.717, 1.165) is 32.1 Å². The number of nitrogens with zero attached hydrogens (tertiary/aromatic N) is 1. The van der Waals surface area contributed by atoms with Crippen molar-refractivity contribution in [3.63, 3.8) is 0 Å². The summed E-state index contributed by atoms with van der Waals surface area (Å²) in [4.78, 5) is 28.0. The molecule has 0 aromatic carbocycles. The molecule has 2 amide bonds. The van der Waals surface area contributed by atoms with Gasteiger partial charge < -0.3 is 10.2 Å². The van der Waals surface area contributed by atoms with Crippen molar-refractivity contribution in [1.82, 2.24) is 10.2 Å². The molecule has 1 N–H and O–H groups in total. The number of hydrogen-bond donors (Lipinski definition) is 1. The molecule has 1 heterocycles. The first-order valence-corrected chi connectivity index (χ1v) is 8.60. The maximum absolute atomic E-state index is 13.2. The number of piperazine rings is 1. The second-order valence-electron chi connectivity index (χ2n) is 6.91. The lowest BCUT2D eigenvalue weighted by Crippen LogP contribution is -2.75. The van der Waals surface area contributed by atoms with Gasteiger partial charge in [-0.3, -0.25) is 9.59 Å². The molecule has 0 radical (unpaired) electrons. The normalized spacial score (nSPS) is 25.2. The summed E-state index contributed by atoms with van der Waals surface area (Å²) < 4.78 is 0. The minimum atomic E-state index is -0.644. The lowest BCUT2D eigenvalue weighted by atomic mass is 9.80. The Bertz CT molecular complexity index is 409. The van der Waals surface area contributed by atoms with Gasteiger partial charge in [0.2, 0.25) is 11.8 Å². The highest BCUT2D eigenvalue weighted by molar-refractivity contribution is 6.02. The van der Waals surface area contributed by atoms with E-state index in [1.807, 2.05) is 18.7 Å². The Kier molecular flexibility index (Phi) is 4.64. The third-order valence-electron chi connectivity index (χ3n) is 5.76. The lowest BCUT2D eigenvalue weighted by molar-refractivity contribution is -0.164. The zero-order chi connectivity index (χ0) is 15.7. The first-order chi connectivity index (χ1) is 9.95. The highest BCUT2D eigenvalue weighted by Gasteiger charge is 2.57. The molecule has 120 valence electrons. The Morgan fingerprint density at radius 3 is 2.19 bits per heavy atom. The first kappa shape index (κ1) is 16.3. The molecule has 4 nitrogen and oxygen atoms in total. The summed E-state index contributed by atoms with van der Waals surface area (Å²) in [5, 5.41) is 3.13. The monoisotopic (exact) mass is 294 g/mol. The van der Waals surface area contributed by atoms with Crippen molar-refractivity contribution in [3.8, 4) is 0 Å². The Morgan fingerprint density at radius 2 is 1.71 bits per heavy atom. The van der Waals surface area contributed by atoms with E-state index in [-0.39, 0.29) is 11.8 Å². The van der Waals surface area contributed by atoms with Gasteiger partial charge in [-0.2, -0.15) is 0 Å². The molecule has 2 rings (SSSR count). The summed E-state index contributed by atoms with van der Waals surface area (Å²) in [6.07, 6.45) is 6.09. The van der Waals surface area contributed by atoms with E-state index in [9.17, 15) is 9.59 Å². The van der Waals surface area contributed by atoms with Crippen molar-refractivity contribution < 1.29 is 9.59 Å². The fourth-order valence-corrected chi connectivity index (χ4v) is 3.93. The summed E-state index contributed by atoms with van der Waals surface area (Å²) in [7, 11) is 0. The number of hydrogen-bond acceptors (Lipinski definition) is 2. The van der Waals surface area contributed by atoms with Crippen LogP contribution in [0.1, 0.15) is 72.6 Å². The van der Waals surface area contributed by atoms with Crippen LogP contribution in [0.25, 0.3) is 0 Å². The molecule has 1 saturated carbocycles. The molecule has 2 fully saturated rings. The van der Waals surface area contributed by atoms with E-state index < -0.39 is 11.1 Å². The van der Waals surface area contributed by atoms with E-state index in [1.165, 1.54) is 0 Å². The summed E-state index contributed by atoms with van der Waals surface area (Å²) in [5.74, 6) is 0.664. The van der Waals surface area contributed by atoms with Crippen molar-refractivity contribution in [2.75, 3.05) is 6.54 Å². The summed E-state index contributed by atoms with van der Waals surface area (Å²) in [6, 6.07) is 0. The van der Waals surface area contributed by atoms with Gasteiger partial charge in [-0.1, -0.05) is 47.0 Å². The first-order valence-electron chi connectivity index (χ1n) is 8.60. The van der Waals surface area contributed by atoms with Gasteiger partial charge in [0.1, 0.15) is 11.1 Å². The second-order valence-corrected chi connectivity index (χ2v) is 6.91. The van der Waals surface area contributed by atoms with Gasteiger partial charge in [-0.15, -0.1) is 0 Å². The second kappa shape index (κ2) is 5.98. The molecule has 1 unspecified atom stereocenters. The predicted molar refractivity (Wildman–Crippen MR) is 83.8 cm³/mol. The average Bonchev–Trinajstić information content (AvgIpc) is 2.95. The molecule has 1 spiro atoms. The zero-order valence-electron chi connectivity index (χ0n) is 14.0.